The summed E-state index contributed by atoms with van der Waals surface area (Å²) in [6.07, 6.45) is 1.48. The molecule has 1 heterocycles. The van der Waals surface area contributed by atoms with Crippen LogP contribution in [0.5, 0.6) is 0 Å². The molecule has 2 aromatic rings. The highest BCUT2D eigenvalue weighted by Gasteiger charge is 2.09. The first kappa shape index (κ1) is 13.4. The zero-order chi connectivity index (χ0) is 13.8. The van der Waals surface area contributed by atoms with Crippen molar-refractivity contribution in [3.05, 3.63) is 52.1 Å². The molecule has 0 saturated heterocycles. The topological polar surface area (TPSA) is 94.0 Å². The van der Waals surface area contributed by atoms with E-state index in [4.69, 9.17) is 11.5 Å². The fourth-order valence-electron chi connectivity index (χ4n) is 1.64. The lowest BCUT2D eigenvalue weighted by atomic mass is 10.2. The van der Waals surface area contributed by atoms with Crippen LogP contribution in [0.2, 0.25) is 0 Å². The summed E-state index contributed by atoms with van der Waals surface area (Å²) in [4.78, 5) is 15.4. The van der Waals surface area contributed by atoms with Crippen molar-refractivity contribution in [1.82, 2.24) is 4.98 Å². The zero-order valence-corrected chi connectivity index (χ0v) is 11.6. The lowest BCUT2D eigenvalue weighted by molar-refractivity contribution is 0.100. The predicted octanol–water partition coefficient (Wildman–Crippen LogP) is 2.14. The van der Waals surface area contributed by atoms with Crippen LogP contribution in [0.4, 0.5) is 11.5 Å². The molecule has 0 radical (unpaired) electrons. The number of aromatic nitrogens is 1. The Morgan fingerprint density at radius 1 is 1.37 bits per heavy atom. The molecule has 1 amide bonds. The Hall–Kier alpha value is -2.08. The van der Waals surface area contributed by atoms with Crippen molar-refractivity contribution in [3.63, 3.8) is 0 Å². The van der Waals surface area contributed by atoms with Gasteiger partial charge in [-0.15, -0.1) is 0 Å². The van der Waals surface area contributed by atoms with Crippen molar-refractivity contribution >= 4 is 33.3 Å². The Bertz CT molecular complexity index is 615. The highest BCUT2D eigenvalue weighted by Crippen LogP contribution is 2.17. The van der Waals surface area contributed by atoms with Gasteiger partial charge in [-0.2, -0.15) is 0 Å². The molecule has 0 atom stereocenters. The minimum Gasteiger partial charge on any atom is -0.397 e. The quantitative estimate of drug-likeness (QED) is 0.804. The summed E-state index contributed by atoms with van der Waals surface area (Å²) in [7, 11) is 0. The molecule has 5 nitrogen and oxygen atoms in total. The van der Waals surface area contributed by atoms with E-state index < -0.39 is 5.91 Å². The van der Waals surface area contributed by atoms with Crippen LogP contribution in [-0.2, 0) is 6.54 Å². The van der Waals surface area contributed by atoms with Gasteiger partial charge in [0.1, 0.15) is 5.82 Å². The van der Waals surface area contributed by atoms with E-state index in [-0.39, 0.29) is 5.56 Å². The third-order valence-electron chi connectivity index (χ3n) is 2.52. The normalized spacial score (nSPS) is 10.2. The maximum absolute atomic E-state index is 11.3. The number of halogens is 1. The molecule has 0 spiro atoms. The summed E-state index contributed by atoms with van der Waals surface area (Å²) in [5.74, 6) is -0.127. The Morgan fingerprint density at radius 3 is 2.84 bits per heavy atom. The van der Waals surface area contributed by atoms with E-state index >= 15 is 0 Å². The minimum absolute atomic E-state index is 0.287. The smallest absolute Gasteiger partial charge is 0.252 e. The molecule has 0 aliphatic heterocycles. The summed E-state index contributed by atoms with van der Waals surface area (Å²) in [6.45, 7) is 0.538. The number of anilines is 2. The van der Waals surface area contributed by atoms with E-state index in [1.165, 1.54) is 12.3 Å². The number of rotatable bonds is 4. The highest BCUT2D eigenvalue weighted by molar-refractivity contribution is 9.10. The standard InChI is InChI=1S/C13H13BrN4O/c14-9-3-1-2-8(4-9)6-17-13-11(12(16)19)5-10(15)7-18-13/h1-5,7H,6,15H2,(H2,16,19)(H,17,18). The van der Waals surface area contributed by atoms with Crippen LogP contribution in [0.25, 0.3) is 0 Å². The lowest BCUT2D eigenvalue weighted by Crippen LogP contribution is -2.16. The van der Waals surface area contributed by atoms with E-state index in [1.807, 2.05) is 24.3 Å². The molecule has 98 valence electrons. The second-order valence-corrected chi connectivity index (χ2v) is 4.93. The lowest BCUT2D eigenvalue weighted by Gasteiger charge is -2.10. The number of hydrogen-bond donors (Lipinski definition) is 3. The number of primary amides is 1. The van der Waals surface area contributed by atoms with Crippen molar-refractivity contribution < 1.29 is 4.79 Å². The number of nitrogens with two attached hydrogens (primary N) is 2. The van der Waals surface area contributed by atoms with Gasteiger partial charge in [0, 0.05) is 11.0 Å². The molecule has 0 unspecified atom stereocenters. The van der Waals surface area contributed by atoms with Gasteiger partial charge in [-0.1, -0.05) is 28.1 Å². The molecule has 5 N–H and O–H groups in total. The van der Waals surface area contributed by atoms with Crippen molar-refractivity contribution in [3.8, 4) is 0 Å². The monoisotopic (exact) mass is 320 g/mol. The van der Waals surface area contributed by atoms with E-state index in [0.717, 1.165) is 10.0 Å². The minimum atomic E-state index is -0.559. The Morgan fingerprint density at radius 2 is 2.16 bits per heavy atom. The fourth-order valence-corrected chi connectivity index (χ4v) is 2.09. The molecule has 19 heavy (non-hydrogen) atoms. The van der Waals surface area contributed by atoms with Crippen LogP contribution in [0, 0.1) is 0 Å². The molecule has 0 fully saturated rings. The number of nitrogens with zero attached hydrogens (tertiary/aromatic N) is 1. The van der Waals surface area contributed by atoms with Crippen molar-refractivity contribution in [2.24, 2.45) is 5.73 Å². The third-order valence-corrected chi connectivity index (χ3v) is 3.02. The van der Waals surface area contributed by atoms with Crippen molar-refractivity contribution in [1.29, 1.82) is 0 Å². The van der Waals surface area contributed by atoms with Gasteiger partial charge in [0.2, 0.25) is 0 Å². The number of benzene rings is 1. The maximum Gasteiger partial charge on any atom is 0.252 e. The van der Waals surface area contributed by atoms with Crippen molar-refractivity contribution in [2.75, 3.05) is 11.1 Å². The highest BCUT2D eigenvalue weighted by atomic mass is 79.9. The fraction of sp³-hybridized carbons (Fsp3) is 0.0769. The van der Waals surface area contributed by atoms with Crippen LogP contribution >= 0.6 is 15.9 Å². The first-order chi connectivity index (χ1) is 9.06. The Labute approximate surface area is 119 Å². The van der Waals surface area contributed by atoms with Crippen LogP contribution in [0.15, 0.2) is 41.0 Å². The van der Waals surface area contributed by atoms with Gasteiger partial charge < -0.3 is 16.8 Å². The first-order valence-corrected chi connectivity index (χ1v) is 6.39. The molecule has 0 saturated carbocycles. The molecule has 2 rings (SSSR count). The molecule has 1 aromatic carbocycles. The number of pyridine rings is 1. The maximum atomic E-state index is 11.3. The number of nitrogen functional groups attached to an aromatic ring is 1. The summed E-state index contributed by atoms with van der Waals surface area (Å²) in [5, 5.41) is 3.08. The molecule has 6 heteroatoms. The van der Waals surface area contributed by atoms with Gasteiger partial charge in [-0.25, -0.2) is 4.98 Å². The number of carbonyl (C=O) groups excluding carboxylic acids is 1. The van der Waals surface area contributed by atoms with Gasteiger partial charge >= 0.3 is 0 Å². The van der Waals surface area contributed by atoms with Crippen LogP contribution in [0.3, 0.4) is 0 Å². The van der Waals surface area contributed by atoms with Gasteiger partial charge in [0.25, 0.3) is 5.91 Å². The van der Waals surface area contributed by atoms with E-state index in [9.17, 15) is 4.79 Å². The van der Waals surface area contributed by atoms with Crippen LogP contribution in [0.1, 0.15) is 15.9 Å². The first-order valence-electron chi connectivity index (χ1n) is 5.60. The van der Waals surface area contributed by atoms with Crippen molar-refractivity contribution in [2.45, 2.75) is 6.54 Å². The summed E-state index contributed by atoms with van der Waals surface area (Å²) >= 11 is 3.40. The number of amides is 1. The molecular formula is C13H13BrN4O. The molecule has 1 aromatic heterocycles. The second kappa shape index (κ2) is 5.71. The average molecular weight is 321 g/mol. The Balaban J connectivity index is 2.17. The Kier molecular flexibility index (Phi) is 4.01. The number of carbonyl (C=O) groups is 1. The predicted molar refractivity (Wildman–Crippen MR) is 78.6 cm³/mol. The number of hydrogen-bond acceptors (Lipinski definition) is 4. The van der Waals surface area contributed by atoms with Crippen LogP contribution in [-0.4, -0.2) is 10.9 Å². The van der Waals surface area contributed by atoms with Gasteiger partial charge in [0.15, 0.2) is 0 Å². The van der Waals surface area contributed by atoms with Gasteiger partial charge in [-0.3, -0.25) is 4.79 Å². The molecular weight excluding hydrogens is 308 g/mol. The largest absolute Gasteiger partial charge is 0.397 e. The SMILES string of the molecule is NC(=O)c1cc(N)cnc1NCc1cccc(Br)c1. The van der Waals surface area contributed by atoms with Gasteiger partial charge in [0.05, 0.1) is 17.4 Å². The van der Waals surface area contributed by atoms with E-state index in [1.54, 1.807) is 0 Å². The zero-order valence-electron chi connectivity index (χ0n) is 10.1. The third kappa shape index (κ3) is 3.45. The van der Waals surface area contributed by atoms with E-state index in [0.29, 0.717) is 18.1 Å². The van der Waals surface area contributed by atoms with E-state index in [2.05, 4.69) is 26.2 Å². The summed E-state index contributed by atoms with van der Waals surface area (Å²) in [6, 6.07) is 9.35. The number of nitrogens with one attached hydrogen (secondary N) is 1. The summed E-state index contributed by atoms with van der Waals surface area (Å²) < 4.78 is 0.993. The van der Waals surface area contributed by atoms with Crippen LogP contribution < -0.4 is 16.8 Å². The molecule has 0 bridgehead atoms. The molecule has 0 aliphatic carbocycles. The van der Waals surface area contributed by atoms with Gasteiger partial charge in [-0.05, 0) is 23.8 Å². The second-order valence-electron chi connectivity index (χ2n) is 4.01. The molecule has 0 aliphatic rings. The average Bonchev–Trinajstić information content (AvgIpc) is 2.37. The summed E-state index contributed by atoms with van der Waals surface area (Å²) in [5.41, 5.74) is 12.6.